The third-order valence-electron chi connectivity index (χ3n) is 3.24. The fourth-order valence-corrected chi connectivity index (χ4v) is 2.30. The molecule has 1 unspecified atom stereocenters. The van der Waals surface area contributed by atoms with Crippen molar-refractivity contribution in [3.8, 4) is 11.8 Å². The molecular weight excluding hydrogens is 238 g/mol. The van der Waals surface area contributed by atoms with Gasteiger partial charge < -0.3 is 4.74 Å². The van der Waals surface area contributed by atoms with Crippen LogP contribution in [0.2, 0.25) is 0 Å². The molecule has 2 aromatic rings. The second kappa shape index (κ2) is 5.07. The molecule has 0 fully saturated rings. The molecule has 0 saturated heterocycles. The van der Waals surface area contributed by atoms with Crippen molar-refractivity contribution in [1.29, 1.82) is 5.26 Å². The first-order chi connectivity index (χ1) is 9.38. The Balaban J connectivity index is 1.99. The molecule has 3 rings (SSSR count). The fourth-order valence-electron chi connectivity index (χ4n) is 2.30. The number of nitrogens with zero attached hydrogens (tertiary/aromatic N) is 3. The number of rotatable bonds is 2. The highest BCUT2D eigenvalue weighted by Crippen LogP contribution is 2.29. The van der Waals surface area contributed by atoms with Gasteiger partial charge in [-0.1, -0.05) is 12.1 Å². The summed E-state index contributed by atoms with van der Waals surface area (Å²) in [5.74, 6) is 1.05. The summed E-state index contributed by atoms with van der Waals surface area (Å²) in [5.41, 5.74) is 2.10. The van der Waals surface area contributed by atoms with Crippen LogP contribution in [0.15, 0.2) is 36.7 Å². The van der Waals surface area contributed by atoms with Crippen LogP contribution in [-0.2, 0) is 6.42 Å². The first-order valence-electron chi connectivity index (χ1n) is 6.30. The molecule has 0 aliphatic carbocycles. The van der Waals surface area contributed by atoms with Crippen molar-refractivity contribution >= 4 is 0 Å². The molecule has 4 nitrogen and oxygen atoms in total. The number of nitriles is 1. The van der Waals surface area contributed by atoms with E-state index < -0.39 is 5.92 Å². The second-order valence-electron chi connectivity index (χ2n) is 4.49. The van der Waals surface area contributed by atoms with E-state index in [9.17, 15) is 5.26 Å². The summed E-state index contributed by atoms with van der Waals surface area (Å²) in [7, 11) is 0. The molecule has 0 N–H and O–H groups in total. The molecule has 1 aliphatic heterocycles. The number of benzene rings is 1. The lowest BCUT2D eigenvalue weighted by Crippen LogP contribution is -2.10. The Bertz CT molecular complexity index is 619. The van der Waals surface area contributed by atoms with Gasteiger partial charge in [0.1, 0.15) is 17.5 Å². The van der Waals surface area contributed by atoms with Crippen molar-refractivity contribution in [3.05, 3.63) is 53.6 Å². The monoisotopic (exact) mass is 251 g/mol. The molecule has 2 heterocycles. The summed E-state index contributed by atoms with van der Waals surface area (Å²) < 4.78 is 5.58. The van der Waals surface area contributed by atoms with Crippen LogP contribution in [0.25, 0.3) is 0 Å². The van der Waals surface area contributed by atoms with E-state index in [1.807, 2.05) is 18.2 Å². The van der Waals surface area contributed by atoms with Crippen molar-refractivity contribution < 1.29 is 4.74 Å². The van der Waals surface area contributed by atoms with E-state index in [-0.39, 0.29) is 0 Å². The molecule has 1 atom stereocenters. The van der Waals surface area contributed by atoms with E-state index in [4.69, 9.17) is 4.74 Å². The predicted octanol–water partition coefficient (Wildman–Crippen LogP) is 2.46. The zero-order valence-electron chi connectivity index (χ0n) is 10.4. The van der Waals surface area contributed by atoms with E-state index in [0.717, 1.165) is 30.8 Å². The van der Waals surface area contributed by atoms with Gasteiger partial charge in [-0.05, 0) is 36.1 Å². The average molecular weight is 251 g/mol. The number of aryl methyl sites for hydroxylation is 1. The SMILES string of the molecule is N#CC(c1ccc2c(c1)CCCO2)c1ncccn1. The standard InChI is InChI=1S/C15H13N3O/c16-10-13(15-17-6-2-7-18-15)11-4-5-14-12(9-11)3-1-8-19-14/h2,4-7,9,13H,1,3,8H2. The number of fused-ring (bicyclic) bond motifs is 1. The highest BCUT2D eigenvalue weighted by atomic mass is 16.5. The number of ether oxygens (including phenoxy) is 1. The van der Waals surface area contributed by atoms with Crippen LogP contribution < -0.4 is 4.74 Å². The lowest BCUT2D eigenvalue weighted by Gasteiger charge is -2.18. The zero-order valence-corrected chi connectivity index (χ0v) is 10.4. The van der Waals surface area contributed by atoms with Gasteiger partial charge in [-0.2, -0.15) is 5.26 Å². The third-order valence-corrected chi connectivity index (χ3v) is 3.24. The molecule has 4 heteroatoms. The summed E-state index contributed by atoms with van der Waals surface area (Å²) >= 11 is 0. The van der Waals surface area contributed by atoms with Crippen molar-refractivity contribution in [2.24, 2.45) is 0 Å². The van der Waals surface area contributed by atoms with E-state index in [1.165, 1.54) is 5.56 Å². The highest BCUT2D eigenvalue weighted by Gasteiger charge is 2.19. The summed E-state index contributed by atoms with van der Waals surface area (Å²) in [6.45, 7) is 0.774. The zero-order chi connectivity index (χ0) is 13.1. The highest BCUT2D eigenvalue weighted by molar-refractivity contribution is 5.43. The molecule has 94 valence electrons. The summed E-state index contributed by atoms with van der Waals surface area (Å²) in [6, 6.07) is 9.93. The topological polar surface area (TPSA) is 58.8 Å². The number of aromatic nitrogens is 2. The van der Waals surface area contributed by atoms with Crippen LogP contribution in [0.3, 0.4) is 0 Å². The molecule has 0 saturated carbocycles. The normalized spacial score (nSPS) is 14.9. The van der Waals surface area contributed by atoms with Crippen molar-refractivity contribution in [3.63, 3.8) is 0 Å². The minimum atomic E-state index is -0.423. The van der Waals surface area contributed by atoms with Gasteiger partial charge in [0.2, 0.25) is 0 Å². The van der Waals surface area contributed by atoms with E-state index >= 15 is 0 Å². The Morgan fingerprint density at radius 1 is 1.26 bits per heavy atom. The van der Waals surface area contributed by atoms with E-state index in [2.05, 4.69) is 16.0 Å². The lowest BCUT2D eigenvalue weighted by molar-refractivity contribution is 0.288. The van der Waals surface area contributed by atoms with Gasteiger partial charge in [0.05, 0.1) is 12.7 Å². The Kier molecular flexibility index (Phi) is 3.11. The Labute approximate surface area is 111 Å². The van der Waals surface area contributed by atoms with Crippen LogP contribution in [0, 0.1) is 11.3 Å². The van der Waals surface area contributed by atoms with Crippen LogP contribution >= 0.6 is 0 Å². The largest absolute Gasteiger partial charge is 0.493 e. The first-order valence-corrected chi connectivity index (χ1v) is 6.30. The van der Waals surface area contributed by atoms with Gasteiger partial charge in [-0.3, -0.25) is 0 Å². The first kappa shape index (κ1) is 11.7. The van der Waals surface area contributed by atoms with Gasteiger partial charge in [-0.25, -0.2) is 9.97 Å². The van der Waals surface area contributed by atoms with Crippen LogP contribution in [0.1, 0.15) is 29.3 Å². The van der Waals surface area contributed by atoms with Gasteiger partial charge >= 0.3 is 0 Å². The Hall–Kier alpha value is -2.41. The summed E-state index contributed by atoms with van der Waals surface area (Å²) in [5, 5.41) is 9.38. The molecule has 1 aliphatic rings. The number of hydrogen-bond donors (Lipinski definition) is 0. The molecule has 1 aromatic carbocycles. The van der Waals surface area contributed by atoms with E-state index in [0.29, 0.717) is 5.82 Å². The summed E-state index contributed by atoms with van der Waals surface area (Å²) in [6.07, 6.45) is 5.34. The molecule has 0 amide bonds. The third kappa shape index (κ3) is 2.27. The molecule has 1 aromatic heterocycles. The quantitative estimate of drug-likeness (QED) is 0.822. The van der Waals surface area contributed by atoms with Gasteiger partial charge in [-0.15, -0.1) is 0 Å². The Morgan fingerprint density at radius 3 is 2.89 bits per heavy atom. The Morgan fingerprint density at radius 2 is 2.11 bits per heavy atom. The van der Waals surface area contributed by atoms with Gasteiger partial charge in [0.25, 0.3) is 0 Å². The smallest absolute Gasteiger partial charge is 0.149 e. The molecule has 0 bridgehead atoms. The maximum atomic E-state index is 9.38. The predicted molar refractivity (Wildman–Crippen MR) is 69.7 cm³/mol. The van der Waals surface area contributed by atoms with Crippen LogP contribution in [0.4, 0.5) is 0 Å². The van der Waals surface area contributed by atoms with Crippen molar-refractivity contribution in [1.82, 2.24) is 9.97 Å². The summed E-state index contributed by atoms with van der Waals surface area (Å²) in [4.78, 5) is 8.35. The second-order valence-corrected chi connectivity index (χ2v) is 4.49. The maximum absolute atomic E-state index is 9.38. The van der Waals surface area contributed by atoms with Gasteiger partial charge in [0, 0.05) is 12.4 Å². The van der Waals surface area contributed by atoms with Crippen molar-refractivity contribution in [2.75, 3.05) is 6.61 Å². The lowest BCUT2D eigenvalue weighted by atomic mass is 9.95. The minimum Gasteiger partial charge on any atom is -0.493 e. The molecule has 0 radical (unpaired) electrons. The molecular formula is C15H13N3O. The maximum Gasteiger partial charge on any atom is 0.149 e. The fraction of sp³-hybridized carbons (Fsp3) is 0.267. The number of hydrogen-bond acceptors (Lipinski definition) is 4. The van der Waals surface area contributed by atoms with Crippen LogP contribution in [0.5, 0.6) is 5.75 Å². The van der Waals surface area contributed by atoms with Gasteiger partial charge in [0.15, 0.2) is 0 Å². The molecule has 19 heavy (non-hydrogen) atoms. The van der Waals surface area contributed by atoms with Crippen LogP contribution in [-0.4, -0.2) is 16.6 Å². The molecule has 0 spiro atoms. The van der Waals surface area contributed by atoms with E-state index in [1.54, 1.807) is 18.5 Å². The minimum absolute atomic E-state index is 0.423. The average Bonchev–Trinajstić information content (AvgIpc) is 2.49. The van der Waals surface area contributed by atoms with Crippen molar-refractivity contribution in [2.45, 2.75) is 18.8 Å².